The summed E-state index contributed by atoms with van der Waals surface area (Å²) in [5, 5.41) is 0. The molecule has 0 bridgehead atoms. The van der Waals surface area contributed by atoms with Crippen LogP contribution in [0.15, 0.2) is 5.51 Å². The largest absolute Gasteiger partial charge is 0.461 e. The highest BCUT2D eigenvalue weighted by Gasteiger charge is 2.23. The number of hydrogen-bond acceptors (Lipinski definition) is 5. The van der Waals surface area contributed by atoms with Crippen molar-refractivity contribution in [2.45, 2.75) is 6.92 Å². The first-order chi connectivity index (χ1) is 7.70. The van der Waals surface area contributed by atoms with Crippen molar-refractivity contribution in [3.63, 3.8) is 0 Å². The second-order valence-electron chi connectivity index (χ2n) is 3.16. The van der Waals surface area contributed by atoms with E-state index in [1.165, 1.54) is 11.3 Å². The van der Waals surface area contributed by atoms with E-state index in [0.717, 1.165) is 4.70 Å². The molecule has 0 fully saturated rings. The van der Waals surface area contributed by atoms with Gasteiger partial charge in [-0.1, -0.05) is 0 Å². The average Bonchev–Trinajstić information content (AvgIpc) is 2.81. The smallest absolute Gasteiger partial charge is 0.355 e. The third kappa shape index (κ3) is 1.42. The monoisotopic (exact) mass is 238 g/mol. The van der Waals surface area contributed by atoms with Crippen LogP contribution in [0.5, 0.6) is 0 Å². The molecule has 0 N–H and O–H groups in total. The lowest BCUT2D eigenvalue weighted by Gasteiger charge is -2.03. The van der Waals surface area contributed by atoms with Crippen molar-refractivity contribution in [3.8, 4) is 0 Å². The van der Waals surface area contributed by atoms with Gasteiger partial charge in [0.15, 0.2) is 11.9 Å². The van der Waals surface area contributed by atoms with Crippen molar-refractivity contribution in [2.24, 2.45) is 7.05 Å². The zero-order valence-corrected chi connectivity index (χ0v) is 9.71. The van der Waals surface area contributed by atoms with E-state index in [2.05, 4.69) is 4.98 Å². The zero-order valence-electron chi connectivity index (χ0n) is 8.89. The number of rotatable bonds is 3. The molecule has 0 aromatic carbocycles. The van der Waals surface area contributed by atoms with Gasteiger partial charge in [0.25, 0.3) is 0 Å². The fourth-order valence-corrected chi connectivity index (χ4v) is 2.44. The van der Waals surface area contributed by atoms with Crippen LogP contribution < -0.4 is 0 Å². The van der Waals surface area contributed by atoms with E-state index in [-0.39, 0.29) is 12.3 Å². The fourth-order valence-electron chi connectivity index (χ4n) is 1.61. The Morgan fingerprint density at radius 3 is 3.06 bits per heavy atom. The molecule has 0 spiro atoms. The number of hydrogen-bond donors (Lipinski definition) is 0. The fraction of sp³-hybridized carbons (Fsp3) is 0.300. The summed E-state index contributed by atoms with van der Waals surface area (Å²) in [5.41, 5.74) is 2.91. The number of carbonyl (C=O) groups is 2. The predicted molar refractivity (Wildman–Crippen MR) is 59.9 cm³/mol. The Hall–Kier alpha value is -1.69. The molecule has 0 saturated carbocycles. The Balaban J connectivity index is 2.67. The molecule has 2 rings (SSSR count). The van der Waals surface area contributed by atoms with Crippen LogP contribution in [0, 0.1) is 0 Å². The minimum absolute atomic E-state index is 0.270. The number of aryl methyl sites for hydroxylation is 1. The maximum atomic E-state index is 11.7. The van der Waals surface area contributed by atoms with Crippen molar-refractivity contribution >= 4 is 33.9 Å². The Labute approximate surface area is 95.7 Å². The molecule has 6 heteroatoms. The third-order valence-electron chi connectivity index (χ3n) is 2.29. The van der Waals surface area contributed by atoms with Crippen molar-refractivity contribution < 1.29 is 14.3 Å². The number of thiazole rings is 1. The molecule has 2 aromatic heterocycles. The number of fused-ring (bicyclic) bond motifs is 1. The number of aldehydes is 1. The molecule has 0 aliphatic carbocycles. The molecule has 2 aromatic rings. The van der Waals surface area contributed by atoms with Gasteiger partial charge in [-0.15, -0.1) is 11.3 Å². The first kappa shape index (κ1) is 10.8. The van der Waals surface area contributed by atoms with Crippen molar-refractivity contribution in [3.05, 3.63) is 16.8 Å². The van der Waals surface area contributed by atoms with E-state index in [1.807, 2.05) is 0 Å². The van der Waals surface area contributed by atoms with Gasteiger partial charge in [-0.3, -0.25) is 4.79 Å². The van der Waals surface area contributed by atoms with Crippen molar-refractivity contribution in [1.29, 1.82) is 0 Å². The average molecular weight is 238 g/mol. The van der Waals surface area contributed by atoms with Gasteiger partial charge < -0.3 is 9.30 Å². The molecule has 0 aliphatic rings. The van der Waals surface area contributed by atoms with Crippen LogP contribution in [-0.2, 0) is 11.8 Å². The van der Waals surface area contributed by atoms with Gasteiger partial charge in [0, 0.05) is 7.05 Å². The molecule has 0 aliphatic heterocycles. The topological polar surface area (TPSA) is 61.2 Å². The molecular formula is C10H10N2O3S. The number of carbonyl (C=O) groups excluding carboxylic acids is 2. The van der Waals surface area contributed by atoms with Gasteiger partial charge in [0.2, 0.25) is 0 Å². The van der Waals surface area contributed by atoms with E-state index in [1.54, 1.807) is 24.0 Å². The normalized spacial score (nSPS) is 10.6. The predicted octanol–water partition coefficient (Wildman–Crippen LogP) is 1.62. The lowest BCUT2D eigenvalue weighted by Crippen LogP contribution is -2.12. The molecule has 2 heterocycles. The summed E-state index contributed by atoms with van der Waals surface area (Å²) >= 11 is 1.34. The Bertz CT molecular complexity index is 556. The highest BCUT2D eigenvalue weighted by Crippen LogP contribution is 2.27. The minimum Gasteiger partial charge on any atom is -0.461 e. The molecular weight excluding hydrogens is 228 g/mol. The highest BCUT2D eigenvalue weighted by atomic mass is 32.1. The van der Waals surface area contributed by atoms with Crippen LogP contribution in [0.4, 0.5) is 0 Å². The SMILES string of the molecule is CCOC(=O)c1c(C=O)c2scnc2n1C. The van der Waals surface area contributed by atoms with Crippen LogP contribution in [0.3, 0.4) is 0 Å². The Morgan fingerprint density at radius 1 is 1.69 bits per heavy atom. The summed E-state index contributed by atoms with van der Waals surface area (Å²) in [6, 6.07) is 0. The van der Waals surface area contributed by atoms with E-state index in [0.29, 0.717) is 17.5 Å². The van der Waals surface area contributed by atoms with E-state index < -0.39 is 5.97 Å². The van der Waals surface area contributed by atoms with Crippen LogP contribution >= 0.6 is 11.3 Å². The summed E-state index contributed by atoms with van der Waals surface area (Å²) in [6.07, 6.45) is 0.673. The summed E-state index contributed by atoms with van der Waals surface area (Å²) in [5.74, 6) is -0.489. The van der Waals surface area contributed by atoms with Gasteiger partial charge in [-0.2, -0.15) is 0 Å². The lowest BCUT2D eigenvalue weighted by atomic mass is 10.2. The van der Waals surface area contributed by atoms with Crippen LogP contribution in [0.1, 0.15) is 27.8 Å². The van der Waals surface area contributed by atoms with E-state index in [4.69, 9.17) is 4.74 Å². The van der Waals surface area contributed by atoms with Gasteiger partial charge in [0.1, 0.15) is 5.69 Å². The zero-order chi connectivity index (χ0) is 11.7. The van der Waals surface area contributed by atoms with Gasteiger partial charge in [-0.05, 0) is 6.92 Å². The van der Waals surface area contributed by atoms with Crippen molar-refractivity contribution in [2.75, 3.05) is 6.61 Å². The maximum Gasteiger partial charge on any atom is 0.355 e. The first-order valence-electron chi connectivity index (χ1n) is 4.74. The molecule has 5 nitrogen and oxygen atoms in total. The summed E-state index contributed by atoms with van der Waals surface area (Å²) in [4.78, 5) is 26.8. The van der Waals surface area contributed by atoms with Gasteiger partial charge in [-0.25, -0.2) is 9.78 Å². The number of ether oxygens (including phenoxy) is 1. The molecule has 84 valence electrons. The second kappa shape index (κ2) is 4.05. The molecule has 0 unspecified atom stereocenters. The van der Waals surface area contributed by atoms with Crippen LogP contribution in [0.2, 0.25) is 0 Å². The molecule has 0 amide bonds. The Kier molecular flexibility index (Phi) is 2.74. The highest BCUT2D eigenvalue weighted by molar-refractivity contribution is 7.17. The molecule has 0 atom stereocenters. The quantitative estimate of drug-likeness (QED) is 0.602. The summed E-state index contributed by atoms with van der Waals surface area (Å²) < 4.78 is 7.22. The number of aromatic nitrogens is 2. The lowest BCUT2D eigenvalue weighted by molar-refractivity contribution is 0.0513. The van der Waals surface area contributed by atoms with Crippen LogP contribution in [-0.4, -0.2) is 28.4 Å². The minimum atomic E-state index is -0.489. The number of esters is 1. The summed E-state index contributed by atoms with van der Waals surface area (Å²) in [6.45, 7) is 2.01. The third-order valence-corrected chi connectivity index (χ3v) is 3.14. The molecule has 16 heavy (non-hydrogen) atoms. The van der Waals surface area contributed by atoms with E-state index >= 15 is 0 Å². The van der Waals surface area contributed by atoms with E-state index in [9.17, 15) is 9.59 Å². The summed E-state index contributed by atoms with van der Waals surface area (Å²) in [7, 11) is 1.70. The molecule has 0 radical (unpaired) electrons. The van der Waals surface area contributed by atoms with Gasteiger partial charge in [0.05, 0.1) is 22.4 Å². The van der Waals surface area contributed by atoms with Crippen LogP contribution in [0.25, 0.3) is 10.3 Å². The second-order valence-corrected chi connectivity index (χ2v) is 4.02. The Morgan fingerprint density at radius 2 is 2.44 bits per heavy atom. The first-order valence-corrected chi connectivity index (χ1v) is 5.62. The van der Waals surface area contributed by atoms with Gasteiger partial charge >= 0.3 is 5.97 Å². The molecule has 0 saturated heterocycles. The maximum absolute atomic E-state index is 11.7. The number of nitrogens with zero attached hydrogens (tertiary/aromatic N) is 2. The standard InChI is InChI=1S/C10H10N2O3S/c1-3-15-10(14)7-6(4-13)8-9(12(7)2)11-5-16-8/h4-5H,3H2,1-2H3. The van der Waals surface area contributed by atoms with Crippen molar-refractivity contribution in [1.82, 2.24) is 9.55 Å².